The minimum atomic E-state index is -3.14. The van der Waals surface area contributed by atoms with Crippen LogP contribution >= 0.6 is 0 Å². The minimum Gasteiger partial charge on any atom is -0.360 e. The van der Waals surface area contributed by atoms with Crippen molar-refractivity contribution in [2.45, 2.75) is 6.92 Å². The number of carbonyl (C=O) groups excluding carboxylic acids is 1. The highest BCUT2D eigenvalue weighted by atomic mass is 32.2. The molecule has 0 aromatic carbocycles. The highest BCUT2D eigenvalue weighted by molar-refractivity contribution is 7.88. The Hall–Kier alpha value is -1.45. The molecule has 2 rings (SSSR count). The van der Waals surface area contributed by atoms with Gasteiger partial charge in [0.1, 0.15) is 5.76 Å². The molecule has 1 aromatic rings. The lowest BCUT2D eigenvalue weighted by Gasteiger charge is -2.32. The van der Waals surface area contributed by atoms with Crippen LogP contribution in [-0.4, -0.2) is 67.7 Å². The van der Waals surface area contributed by atoms with Crippen LogP contribution in [0.1, 0.15) is 5.76 Å². The lowest BCUT2D eigenvalue weighted by molar-refractivity contribution is -0.117. The van der Waals surface area contributed by atoms with Crippen LogP contribution in [-0.2, 0) is 14.8 Å². The lowest BCUT2D eigenvalue weighted by Crippen LogP contribution is -2.50. The molecular formula is C11H18N4O4S. The average Bonchev–Trinajstić information content (AvgIpc) is 2.74. The Balaban J connectivity index is 1.79. The standard InChI is InChI=1S/C11H18N4O4S/c1-9-7-10(13-19-9)12-11(16)8-14-3-5-15(6-4-14)20(2,17)18/h7H,3-6,8H2,1-2H3,(H,12,13,16). The predicted molar refractivity (Wildman–Crippen MR) is 72.7 cm³/mol. The number of nitrogens with zero attached hydrogens (tertiary/aromatic N) is 3. The van der Waals surface area contributed by atoms with Gasteiger partial charge in [-0.3, -0.25) is 9.69 Å². The zero-order valence-corrected chi connectivity index (χ0v) is 12.3. The van der Waals surface area contributed by atoms with Crippen LogP contribution in [0.25, 0.3) is 0 Å². The first kappa shape index (κ1) is 14.9. The number of sulfonamides is 1. The Bertz CT molecular complexity index is 575. The second kappa shape index (κ2) is 5.90. The molecule has 9 heteroatoms. The predicted octanol–water partition coefficient (Wildman–Crippen LogP) is -0.501. The average molecular weight is 302 g/mol. The number of piperazine rings is 1. The summed E-state index contributed by atoms with van der Waals surface area (Å²) >= 11 is 0. The third-order valence-corrected chi connectivity index (χ3v) is 4.37. The molecule has 1 aliphatic heterocycles. The van der Waals surface area contributed by atoms with Crippen molar-refractivity contribution in [2.24, 2.45) is 0 Å². The Kier molecular flexibility index (Phi) is 4.41. The number of carbonyl (C=O) groups is 1. The zero-order valence-electron chi connectivity index (χ0n) is 11.5. The van der Waals surface area contributed by atoms with E-state index in [9.17, 15) is 13.2 Å². The molecule has 0 atom stereocenters. The smallest absolute Gasteiger partial charge is 0.239 e. The van der Waals surface area contributed by atoms with E-state index in [0.29, 0.717) is 37.8 Å². The van der Waals surface area contributed by atoms with Gasteiger partial charge in [0.25, 0.3) is 0 Å². The van der Waals surface area contributed by atoms with Gasteiger partial charge < -0.3 is 9.84 Å². The summed E-state index contributed by atoms with van der Waals surface area (Å²) in [6.07, 6.45) is 1.20. The fraction of sp³-hybridized carbons (Fsp3) is 0.636. The van der Waals surface area contributed by atoms with Gasteiger partial charge in [0.15, 0.2) is 5.82 Å². The third-order valence-electron chi connectivity index (χ3n) is 3.06. The van der Waals surface area contributed by atoms with E-state index in [1.807, 2.05) is 4.90 Å². The summed E-state index contributed by atoms with van der Waals surface area (Å²) in [7, 11) is -3.14. The maximum Gasteiger partial charge on any atom is 0.239 e. The van der Waals surface area contributed by atoms with Gasteiger partial charge in [-0.2, -0.15) is 4.31 Å². The molecule has 1 aliphatic rings. The van der Waals surface area contributed by atoms with Gasteiger partial charge in [-0.25, -0.2) is 8.42 Å². The number of nitrogens with one attached hydrogen (secondary N) is 1. The van der Waals surface area contributed by atoms with Crippen LogP contribution < -0.4 is 5.32 Å². The molecule has 1 saturated heterocycles. The second-order valence-electron chi connectivity index (χ2n) is 4.81. The van der Waals surface area contributed by atoms with Crippen molar-refractivity contribution in [3.05, 3.63) is 11.8 Å². The Labute approximate surface area is 117 Å². The van der Waals surface area contributed by atoms with Gasteiger partial charge in [0.2, 0.25) is 15.9 Å². The topological polar surface area (TPSA) is 95.8 Å². The van der Waals surface area contributed by atoms with E-state index >= 15 is 0 Å². The minimum absolute atomic E-state index is 0.189. The Morgan fingerprint density at radius 1 is 1.40 bits per heavy atom. The highest BCUT2D eigenvalue weighted by Crippen LogP contribution is 2.08. The lowest BCUT2D eigenvalue weighted by atomic mass is 10.3. The molecule has 2 heterocycles. The molecule has 1 aromatic heterocycles. The molecule has 0 spiro atoms. The molecule has 1 amide bonds. The van der Waals surface area contributed by atoms with Crippen LogP contribution in [0, 0.1) is 6.92 Å². The van der Waals surface area contributed by atoms with Crippen molar-refractivity contribution >= 4 is 21.7 Å². The summed E-state index contributed by atoms with van der Waals surface area (Å²) in [4.78, 5) is 13.7. The van der Waals surface area contributed by atoms with Gasteiger partial charge in [0.05, 0.1) is 12.8 Å². The van der Waals surface area contributed by atoms with Gasteiger partial charge >= 0.3 is 0 Å². The van der Waals surface area contributed by atoms with Gasteiger partial charge in [-0.15, -0.1) is 0 Å². The quantitative estimate of drug-likeness (QED) is 0.805. The largest absolute Gasteiger partial charge is 0.360 e. The molecule has 0 bridgehead atoms. The van der Waals surface area contributed by atoms with Crippen molar-refractivity contribution < 1.29 is 17.7 Å². The van der Waals surface area contributed by atoms with E-state index in [0.717, 1.165) is 0 Å². The number of aryl methyl sites for hydroxylation is 1. The molecule has 0 saturated carbocycles. The van der Waals surface area contributed by atoms with E-state index in [-0.39, 0.29) is 12.5 Å². The summed E-state index contributed by atoms with van der Waals surface area (Å²) in [5, 5.41) is 6.31. The number of hydrogen-bond donors (Lipinski definition) is 1. The normalized spacial score (nSPS) is 18.1. The highest BCUT2D eigenvalue weighted by Gasteiger charge is 2.24. The van der Waals surface area contributed by atoms with E-state index in [4.69, 9.17) is 4.52 Å². The monoisotopic (exact) mass is 302 g/mol. The molecule has 1 fully saturated rings. The van der Waals surface area contributed by atoms with E-state index in [2.05, 4.69) is 10.5 Å². The molecule has 112 valence electrons. The van der Waals surface area contributed by atoms with E-state index in [1.54, 1.807) is 13.0 Å². The van der Waals surface area contributed by atoms with Gasteiger partial charge in [-0.05, 0) is 6.92 Å². The summed E-state index contributed by atoms with van der Waals surface area (Å²) < 4.78 is 29.0. The number of hydrogen-bond acceptors (Lipinski definition) is 6. The van der Waals surface area contributed by atoms with Crippen LogP contribution in [0.15, 0.2) is 10.6 Å². The van der Waals surface area contributed by atoms with Crippen molar-refractivity contribution in [3.8, 4) is 0 Å². The first-order valence-electron chi connectivity index (χ1n) is 6.25. The fourth-order valence-electron chi connectivity index (χ4n) is 2.03. The van der Waals surface area contributed by atoms with Crippen molar-refractivity contribution in [3.63, 3.8) is 0 Å². The van der Waals surface area contributed by atoms with Crippen LogP contribution in [0.4, 0.5) is 5.82 Å². The Morgan fingerprint density at radius 3 is 2.55 bits per heavy atom. The zero-order chi connectivity index (χ0) is 14.8. The number of rotatable bonds is 4. The number of anilines is 1. The molecule has 0 unspecified atom stereocenters. The Morgan fingerprint density at radius 2 is 2.05 bits per heavy atom. The number of amides is 1. The molecule has 0 radical (unpaired) electrons. The molecular weight excluding hydrogens is 284 g/mol. The maximum atomic E-state index is 11.8. The van der Waals surface area contributed by atoms with E-state index < -0.39 is 10.0 Å². The first-order chi connectivity index (χ1) is 9.34. The van der Waals surface area contributed by atoms with Crippen molar-refractivity contribution in [1.82, 2.24) is 14.4 Å². The molecule has 20 heavy (non-hydrogen) atoms. The van der Waals surface area contributed by atoms with Gasteiger partial charge in [-0.1, -0.05) is 5.16 Å². The molecule has 1 N–H and O–H groups in total. The van der Waals surface area contributed by atoms with Crippen LogP contribution in [0.5, 0.6) is 0 Å². The maximum absolute atomic E-state index is 11.8. The summed E-state index contributed by atoms with van der Waals surface area (Å²) in [6, 6.07) is 1.64. The van der Waals surface area contributed by atoms with Crippen molar-refractivity contribution in [2.75, 3.05) is 44.3 Å². The second-order valence-corrected chi connectivity index (χ2v) is 6.79. The molecule has 0 aliphatic carbocycles. The van der Waals surface area contributed by atoms with Crippen LogP contribution in [0.2, 0.25) is 0 Å². The molecule has 8 nitrogen and oxygen atoms in total. The summed E-state index contributed by atoms with van der Waals surface area (Å²) in [5.41, 5.74) is 0. The number of aromatic nitrogens is 1. The summed E-state index contributed by atoms with van der Waals surface area (Å²) in [5.74, 6) is 0.829. The first-order valence-corrected chi connectivity index (χ1v) is 8.10. The van der Waals surface area contributed by atoms with Crippen molar-refractivity contribution in [1.29, 1.82) is 0 Å². The SMILES string of the molecule is Cc1cc(NC(=O)CN2CCN(S(C)(=O)=O)CC2)no1. The third kappa shape index (κ3) is 4.02. The van der Waals surface area contributed by atoms with E-state index in [1.165, 1.54) is 10.6 Å². The van der Waals surface area contributed by atoms with Crippen LogP contribution in [0.3, 0.4) is 0 Å². The van der Waals surface area contributed by atoms with Gasteiger partial charge in [0, 0.05) is 32.2 Å². The fourth-order valence-corrected chi connectivity index (χ4v) is 2.86. The summed E-state index contributed by atoms with van der Waals surface area (Å²) in [6.45, 7) is 3.86.